The van der Waals surface area contributed by atoms with E-state index >= 15 is 0 Å². The molecule has 0 bridgehead atoms. The van der Waals surface area contributed by atoms with Gasteiger partial charge < -0.3 is 11.1 Å². The van der Waals surface area contributed by atoms with Crippen molar-refractivity contribution in [1.29, 1.82) is 5.41 Å². The summed E-state index contributed by atoms with van der Waals surface area (Å²) in [7, 11) is 0. The Kier molecular flexibility index (Phi) is 2.83. The molecule has 10 heavy (non-hydrogen) atoms. The molecule has 0 spiro atoms. The number of carbonyl (C=O) groups excluding carboxylic acids is 1. The molecule has 0 aromatic heterocycles. The van der Waals surface area contributed by atoms with Crippen molar-refractivity contribution >= 4 is 18.6 Å². The van der Waals surface area contributed by atoms with Gasteiger partial charge in [0.05, 0.1) is 5.70 Å². The molecule has 0 heterocycles. The fourth-order valence-electron chi connectivity index (χ4n) is 0.303. The molecule has 54 valence electrons. The van der Waals surface area contributed by atoms with E-state index in [1.807, 2.05) is 0 Å². The van der Waals surface area contributed by atoms with Crippen molar-refractivity contribution in [3.05, 3.63) is 12.3 Å². The maximum atomic E-state index is 10.1. The minimum atomic E-state index is -0.765. The van der Waals surface area contributed by atoms with E-state index in [1.54, 1.807) is 0 Å². The molecule has 0 atom stereocenters. The molecule has 0 aliphatic heterocycles. The van der Waals surface area contributed by atoms with E-state index in [9.17, 15) is 4.79 Å². The number of nitrogens with zero attached hydrogens (tertiary/aromatic N) is 1. The molecule has 0 aromatic rings. The zero-order valence-electron chi connectivity index (χ0n) is 5.35. The number of amides is 2. The number of amidine groups is 1. The van der Waals surface area contributed by atoms with Crippen molar-refractivity contribution in [2.45, 2.75) is 0 Å². The van der Waals surface area contributed by atoms with E-state index < -0.39 is 6.03 Å². The van der Waals surface area contributed by atoms with E-state index in [-0.39, 0.29) is 11.5 Å². The summed E-state index contributed by atoms with van der Waals surface area (Å²) in [6.45, 7) is 6.36. The average Bonchev–Trinajstić information content (AvgIpc) is 1.85. The maximum Gasteiger partial charge on any atom is 0.316 e. The highest BCUT2D eigenvalue weighted by molar-refractivity contribution is 6.00. The fourth-order valence-corrected chi connectivity index (χ4v) is 0.303. The Morgan fingerprint density at radius 3 is 2.50 bits per heavy atom. The smallest absolute Gasteiger partial charge is 0.316 e. The van der Waals surface area contributed by atoms with Crippen LogP contribution in [-0.4, -0.2) is 18.6 Å². The standard InChI is InChI=1S/C5H8N4O/c1-3(4(6)8-2)9-5(7)10/h6H,1-2H2,(H3,7,9,10). The van der Waals surface area contributed by atoms with Gasteiger partial charge in [0, 0.05) is 0 Å². The first-order valence-electron chi connectivity index (χ1n) is 2.39. The minimum absolute atomic E-state index is 0.0440. The Balaban J connectivity index is 3.98. The summed E-state index contributed by atoms with van der Waals surface area (Å²) in [6, 6.07) is -0.765. The van der Waals surface area contributed by atoms with E-state index in [0.29, 0.717) is 0 Å². The van der Waals surface area contributed by atoms with Gasteiger partial charge in [0.15, 0.2) is 5.84 Å². The molecule has 0 saturated heterocycles. The Hall–Kier alpha value is -1.65. The number of nitrogens with two attached hydrogens (primary N) is 1. The van der Waals surface area contributed by atoms with Crippen molar-refractivity contribution in [1.82, 2.24) is 5.32 Å². The summed E-state index contributed by atoms with van der Waals surface area (Å²) in [5.74, 6) is -0.196. The number of rotatable bonds is 2. The topological polar surface area (TPSA) is 91.3 Å². The Labute approximate surface area is 58.1 Å². The predicted octanol–water partition coefficient (Wildman–Crippen LogP) is -0.154. The minimum Gasteiger partial charge on any atom is -0.351 e. The summed E-state index contributed by atoms with van der Waals surface area (Å²) in [6.07, 6.45) is 0. The second kappa shape index (κ2) is 3.39. The third kappa shape index (κ3) is 2.61. The Bertz CT molecular complexity index is 196. The van der Waals surface area contributed by atoms with Crippen LogP contribution in [0, 0.1) is 5.41 Å². The molecule has 2 amide bonds. The summed E-state index contributed by atoms with van der Waals surface area (Å²) in [5, 5.41) is 9.02. The van der Waals surface area contributed by atoms with Crippen molar-refractivity contribution in [2.24, 2.45) is 10.7 Å². The SMILES string of the molecule is C=NC(=N)C(=C)NC(N)=O. The van der Waals surface area contributed by atoms with Crippen LogP contribution in [0.3, 0.4) is 0 Å². The van der Waals surface area contributed by atoms with Crippen LogP contribution in [0.4, 0.5) is 4.79 Å². The van der Waals surface area contributed by atoms with Crippen molar-refractivity contribution in [3.63, 3.8) is 0 Å². The van der Waals surface area contributed by atoms with E-state index in [0.717, 1.165) is 0 Å². The lowest BCUT2D eigenvalue weighted by atomic mass is 10.4. The van der Waals surface area contributed by atoms with Gasteiger partial charge >= 0.3 is 6.03 Å². The lowest BCUT2D eigenvalue weighted by Crippen LogP contribution is -2.30. The van der Waals surface area contributed by atoms with Crippen LogP contribution in [0.5, 0.6) is 0 Å². The number of urea groups is 1. The Morgan fingerprint density at radius 2 is 2.20 bits per heavy atom. The molecule has 0 fully saturated rings. The quantitative estimate of drug-likeness (QED) is 0.361. The third-order valence-electron chi connectivity index (χ3n) is 0.718. The average molecular weight is 140 g/mol. The number of carbonyl (C=O) groups is 1. The molecular formula is C5H8N4O. The summed E-state index contributed by atoms with van der Waals surface area (Å²) < 4.78 is 0. The van der Waals surface area contributed by atoms with Gasteiger partial charge in [-0.05, 0) is 6.72 Å². The molecule has 0 rings (SSSR count). The molecule has 0 aromatic carbocycles. The van der Waals surface area contributed by atoms with Crippen LogP contribution >= 0.6 is 0 Å². The molecule has 4 N–H and O–H groups in total. The molecule has 0 saturated carbocycles. The van der Waals surface area contributed by atoms with Crippen LogP contribution in [-0.2, 0) is 0 Å². The summed E-state index contributed by atoms with van der Waals surface area (Å²) in [4.78, 5) is 13.3. The zero-order chi connectivity index (χ0) is 8.15. The van der Waals surface area contributed by atoms with Gasteiger partial charge in [0.25, 0.3) is 0 Å². The normalized spacial score (nSPS) is 8.00. The number of primary amides is 1. The van der Waals surface area contributed by atoms with Crippen LogP contribution in [0.25, 0.3) is 0 Å². The number of aliphatic imine (C=N–C) groups is 1. The first kappa shape index (κ1) is 8.35. The number of hydrogen-bond donors (Lipinski definition) is 3. The highest BCUT2D eigenvalue weighted by Gasteiger charge is 1.99. The van der Waals surface area contributed by atoms with Crippen molar-refractivity contribution in [3.8, 4) is 0 Å². The molecule has 5 heteroatoms. The second-order valence-corrected chi connectivity index (χ2v) is 1.47. The molecule has 0 aliphatic rings. The van der Waals surface area contributed by atoms with Crippen molar-refractivity contribution < 1.29 is 4.79 Å². The van der Waals surface area contributed by atoms with E-state index in [1.165, 1.54) is 0 Å². The first-order chi connectivity index (χ1) is 4.57. The lowest BCUT2D eigenvalue weighted by molar-refractivity contribution is 0.251. The van der Waals surface area contributed by atoms with Gasteiger partial charge in [-0.1, -0.05) is 6.58 Å². The maximum absolute atomic E-state index is 10.1. The zero-order valence-corrected chi connectivity index (χ0v) is 5.35. The fraction of sp³-hybridized carbons (Fsp3) is 0. The van der Waals surface area contributed by atoms with Gasteiger partial charge in [0.1, 0.15) is 0 Å². The van der Waals surface area contributed by atoms with Gasteiger partial charge in [-0.15, -0.1) is 0 Å². The van der Waals surface area contributed by atoms with Gasteiger partial charge in [0.2, 0.25) is 0 Å². The predicted molar refractivity (Wildman–Crippen MR) is 39.1 cm³/mol. The highest BCUT2D eigenvalue weighted by atomic mass is 16.2. The van der Waals surface area contributed by atoms with Crippen LogP contribution < -0.4 is 11.1 Å². The molecule has 0 unspecified atom stereocenters. The molecule has 5 nitrogen and oxygen atoms in total. The summed E-state index contributed by atoms with van der Waals surface area (Å²) in [5.41, 5.74) is 4.76. The van der Waals surface area contributed by atoms with Gasteiger partial charge in [-0.2, -0.15) is 0 Å². The summed E-state index contributed by atoms with van der Waals surface area (Å²) >= 11 is 0. The van der Waals surface area contributed by atoms with E-state index in [2.05, 4.69) is 23.6 Å². The van der Waals surface area contributed by atoms with Crippen molar-refractivity contribution in [2.75, 3.05) is 0 Å². The number of hydrogen-bond acceptors (Lipinski definition) is 2. The van der Waals surface area contributed by atoms with Crippen LogP contribution in [0.15, 0.2) is 17.3 Å². The van der Waals surface area contributed by atoms with E-state index in [4.69, 9.17) is 11.1 Å². The monoisotopic (exact) mass is 140 g/mol. The molecular weight excluding hydrogens is 132 g/mol. The van der Waals surface area contributed by atoms with Gasteiger partial charge in [-0.3, -0.25) is 5.41 Å². The second-order valence-electron chi connectivity index (χ2n) is 1.47. The lowest BCUT2D eigenvalue weighted by Gasteiger charge is -2.00. The van der Waals surface area contributed by atoms with Gasteiger partial charge in [-0.25, -0.2) is 9.79 Å². The Morgan fingerprint density at radius 1 is 1.70 bits per heavy atom. The largest absolute Gasteiger partial charge is 0.351 e. The highest BCUT2D eigenvalue weighted by Crippen LogP contribution is 1.86. The molecule has 0 radical (unpaired) electrons. The van der Waals surface area contributed by atoms with Crippen LogP contribution in [0.2, 0.25) is 0 Å². The molecule has 0 aliphatic carbocycles. The third-order valence-corrected chi connectivity index (χ3v) is 0.718. The first-order valence-corrected chi connectivity index (χ1v) is 2.39. The number of nitrogens with one attached hydrogen (secondary N) is 2. The van der Waals surface area contributed by atoms with Crippen LogP contribution in [0.1, 0.15) is 0 Å².